The Balaban J connectivity index is 1.52. The predicted octanol–water partition coefficient (Wildman–Crippen LogP) is 5.46. The van der Waals surface area contributed by atoms with E-state index >= 15 is 0 Å². The minimum absolute atomic E-state index is 0.365. The third-order valence-electron chi connectivity index (χ3n) is 7.22. The summed E-state index contributed by atoms with van der Waals surface area (Å²) in [5.41, 5.74) is 6.94. The van der Waals surface area contributed by atoms with E-state index in [-0.39, 0.29) is 0 Å². The maximum Gasteiger partial charge on any atom is 0.335 e. The first-order valence-corrected chi connectivity index (χ1v) is 10.7. The predicted molar refractivity (Wildman–Crippen MR) is 115 cm³/mol. The molecule has 0 spiro atoms. The zero-order chi connectivity index (χ0) is 20.1. The van der Waals surface area contributed by atoms with Gasteiger partial charge in [-0.15, -0.1) is 0 Å². The number of aromatic amines is 1. The number of carboxylic acid groups (broad SMARTS) is 1. The van der Waals surface area contributed by atoms with Gasteiger partial charge < -0.3 is 10.1 Å². The molecule has 4 nitrogen and oxygen atoms in total. The molecule has 3 aromatic rings. The van der Waals surface area contributed by atoms with Crippen molar-refractivity contribution in [3.8, 4) is 0 Å². The Kier molecular flexibility index (Phi) is 4.47. The zero-order valence-corrected chi connectivity index (χ0v) is 17.1. The third kappa shape index (κ3) is 3.06. The summed E-state index contributed by atoms with van der Waals surface area (Å²) >= 11 is 0. The van der Waals surface area contributed by atoms with Gasteiger partial charge >= 0.3 is 5.97 Å². The van der Waals surface area contributed by atoms with Crippen molar-refractivity contribution in [1.82, 2.24) is 9.88 Å². The smallest absolute Gasteiger partial charge is 0.335 e. The van der Waals surface area contributed by atoms with Gasteiger partial charge in [0.1, 0.15) is 0 Å². The van der Waals surface area contributed by atoms with Gasteiger partial charge in [0.15, 0.2) is 0 Å². The Hall–Kier alpha value is -2.59. The van der Waals surface area contributed by atoms with E-state index in [1.165, 1.54) is 52.4 Å². The SMILES string of the molecule is Cc1cc(C)c2[nH]ccc2c1CN1C[C@@H]2CCC[C@@H]2C1c1ccc(C(=O)O)cc1. The van der Waals surface area contributed by atoms with Crippen molar-refractivity contribution >= 4 is 16.9 Å². The number of aromatic nitrogens is 1. The number of aromatic carboxylic acids is 1. The molecule has 0 amide bonds. The summed E-state index contributed by atoms with van der Waals surface area (Å²) in [6.45, 7) is 6.47. The maximum absolute atomic E-state index is 11.3. The minimum Gasteiger partial charge on any atom is -0.478 e. The molecule has 2 aliphatic rings. The van der Waals surface area contributed by atoms with Gasteiger partial charge in [0.05, 0.1) is 5.56 Å². The highest BCUT2D eigenvalue weighted by molar-refractivity contribution is 5.88. The molecule has 150 valence electrons. The van der Waals surface area contributed by atoms with E-state index in [2.05, 4.69) is 35.9 Å². The number of nitrogens with one attached hydrogen (secondary N) is 1. The highest BCUT2D eigenvalue weighted by Gasteiger charge is 2.44. The summed E-state index contributed by atoms with van der Waals surface area (Å²) in [4.78, 5) is 17.3. The van der Waals surface area contributed by atoms with Crippen LogP contribution in [0, 0.1) is 25.7 Å². The van der Waals surface area contributed by atoms with Gasteiger partial charge in [-0.3, -0.25) is 4.90 Å². The molecule has 2 heterocycles. The van der Waals surface area contributed by atoms with Gasteiger partial charge in [0, 0.05) is 36.2 Å². The molecule has 0 radical (unpaired) electrons. The molecule has 29 heavy (non-hydrogen) atoms. The first kappa shape index (κ1) is 18.4. The molecule has 2 fully saturated rings. The second kappa shape index (κ2) is 7.03. The first-order valence-electron chi connectivity index (χ1n) is 10.7. The third-order valence-corrected chi connectivity index (χ3v) is 7.22. The van der Waals surface area contributed by atoms with E-state index < -0.39 is 5.97 Å². The van der Waals surface area contributed by atoms with Gasteiger partial charge in [-0.2, -0.15) is 0 Å². The van der Waals surface area contributed by atoms with Crippen LogP contribution in [0.5, 0.6) is 0 Å². The summed E-state index contributed by atoms with van der Waals surface area (Å²) in [5, 5.41) is 10.6. The number of H-pyrrole nitrogens is 1. The summed E-state index contributed by atoms with van der Waals surface area (Å²) < 4.78 is 0. The topological polar surface area (TPSA) is 56.3 Å². The number of aryl methyl sites for hydroxylation is 2. The number of carboxylic acids is 1. The summed E-state index contributed by atoms with van der Waals surface area (Å²) in [5.74, 6) is 0.577. The average molecular weight is 389 g/mol. The molecule has 1 aromatic heterocycles. The first-order chi connectivity index (χ1) is 14.0. The average Bonchev–Trinajstić information content (AvgIpc) is 3.41. The van der Waals surface area contributed by atoms with Crippen molar-refractivity contribution in [2.24, 2.45) is 11.8 Å². The Labute approximate surface area is 171 Å². The van der Waals surface area contributed by atoms with E-state index in [9.17, 15) is 9.90 Å². The Morgan fingerprint density at radius 1 is 1.14 bits per heavy atom. The highest BCUT2D eigenvalue weighted by Crippen LogP contribution is 2.50. The Morgan fingerprint density at radius 3 is 2.69 bits per heavy atom. The van der Waals surface area contributed by atoms with E-state index in [4.69, 9.17) is 0 Å². The van der Waals surface area contributed by atoms with Gasteiger partial charge in [0.25, 0.3) is 0 Å². The molecule has 1 unspecified atom stereocenters. The summed E-state index contributed by atoms with van der Waals surface area (Å²) in [6, 6.07) is 12.5. The van der Waals surface area contributed by atoms with Gasteiger partial charge in [-0.1, -0.05) is 24.6 Å². The maximum atomic E-state index is 11.3. The number of nitrogens with zero attached hydrogens (tertiary/aromatic N) is 1. The van der Waals surface area contributed by atoms with Crippen LogP contribution in [0.1, 0.15) is 57.9 Å². The zero-order valence-electron chi connectivity index (χ0n) is 17.1. The summed E-state index contributed by atoms with van der Waals surface area (Å²) in [6.07, 6.45) is 5.95. The number of fused-ring (bicyclic) bond motifs is 2. The molecule has 1 saturated carbocycles. The standard InChI is InChI=1S/C25H28N2O2/c1-15-12-16(2)23-21(10-11-26-23)22(15)14-27-13-19-4-3-5-20(19)24(27)17-6-8-18(9-7-17)25(28)29/h6-12,19-20,24,26H,3-5,13-14H2,1-2H3,(H,28,29)/t19-,20-,24?/m0/s1. The van der Waals surface area contributed by atoms with Crippen molar-refractivity contribution in [2.45, 2.75) is 45.7 Å². The van der Waals surface area contributed by atoms with Crippen LogP contribution in [0.25, 0.3) is 10.9 Å². The van der Waals surface area contributed by atoms with Gasteiger partial charge in [0.2, 0.25) is 0 Å². The number of carbonyl (C=O) groups is 1. The van der Waals surface area contributed by atoms with Crippen LogP contribution in [0.2, 0.25) is 0 Å². The number of likely N-dealkylation sites (tertiary alicyclic amines) is 1. The van der Waals surface area contributed by atoms with E-state index in [1.807, 2.05) is 18.3 Å². The second-order valence-electron chi connectivity index (χ2n) is 8.91. The van der Waals surface area contributed by atoms with E-state index in [1.54, 1.807) is 12.1 Å². The van der Waals surface area contributed by atoms with E-state index in [0.717, 1.165) is 19.0 Å². The molecule has 3 atom stereocenters. The molecule has 0 bridgehead atoms. The number of hydrogen-bond donors (Lipinski definition) is 2. The van der Waals surface area contributed by atoms with Crippen molar-refractivity contribution < 1.29 is 9.90 Å². The lowest BCUT2D eigenvalue weighted by Crippen LogP contribution is -2.26. The molecule has 5 rings (SSSR count). The Bertz CT molecular complexity index is 1070. The largest absolute Gasteiger partial charge is 0.478 e. The van der Waals surface area contributed by atoms with Gasteiger partial charge in [-0.05, 0) is 79.0 Å². The lowest BCUT2D eigenvalue weighted by Gasteiger charge is -2.29. The molecule has 1 saturated heterocycles. The van der Waals surface area contributed by atoms with E-state index in [0.29, 0.717) is 17.5 Å². The fourth-order valence-electron chi connectivity index (χ4n) is 5.89. The van der Waals surface area contributed by atoms with Crippen LogP contribution >= 0.6 is 0 Å². The van der Waals surface area contributed by atoms with Crippen LogP contribution in [-0.2, 0) is 6.54 Å². The lowest BCUT2D eigenvalue weighted by atomic mass is 9.89. The van der Waals surface area contributed by atoms with Crippen LogP contribution in [0.4, 0.5) is 0 Å². The molecular formula is C25H28N2O2. The normalized spacial score (nSPS) is 24.3. The molecule has 4 heteroatoms. The molecule has 1 aliphatic carbocycles. The lowest BCUT2D eigenvalue weighted by molar-refractivity contribution is 0.0697. The van der Waals surface area contributed by atoms with Crippen LogP contribution < -0.4 is 0 Å². The second-order valence-corrected chi connectivity index (χ2v) is 8.91. The summed E-state index contributed by atoms with van der Waals surface area (Å²) in [7, 11) is 0. The van der Waals surface area contributed by atoms with Crippen LogP contribution in [-0.4, -0.2) is 27.5 Å². The molecule has 1 aliphatic heterocycles. The number of benzene rings is 2. The monoisotopic (exact) mass is 388 g/mol. The van der Waals surface area contributed by atoms with Crippen LogP contribution in [0.3, 0.4) is 0 Å². The number of hydrogen-bond acceptors (Lipinski definition) is 2. The fourth-order valence-corrected chi connectivity index (χ4v) is 5.89. The fraction of sp³-hybridized carbons (Fsp3) is 0.400. The molecule has 2 aromatic carbocycles. The quantitative estimate of drug-likeness (QED) is 0.624. The van der Waals surface area contributed by atoms with Gasteiger partial charge in [-0.25, -0.2) is 4.79 Å². The van der Waals surface area contributed by atoms with Crippen molar-refractivity contribution in [3.63, 3.8) is 0 Å². The molecular weight excluding hydrogens is 360 g/mol. The van der Waals surface area contributed by atoms with Crippen LogP contribution in [0.15, 0.2) is 42.6 Å². The number of rotatable bonds is 4. The van der Waals surface area contributed by atoms with Crippen molar-refractivity contribution in [2.75, 3.05) is 6.54 Å². The van der Waals surface area contributed by atoms with Crippen molar-refractivity contribution in [1.29, 1.82) is 0 Å². The molecule has 2 N–H and O–H groups in total. The van der Waals surface area contributed by atoms with Crippen molar-refractivity contribution in [3.05, 3.63) is 70.4 Å². The minimum atomic E-state index is -0.858. The Morgan fingerprint density at radius 2 is 1.93 bits per heavy atom. The highest BCUT2D eigenvalue weighted by atomic mass is 16.4.